The topological polar surface area (TPSA) is 41.1 Å². The summed E-state index contributed by atoms with van der Waals surface area (Å²) >= 11 is 0. The van der Waals surface area contributed by atoms with Crippen LogP contribution in [0.3, 0.4) is 0 Å². The van der Waals surface area contributed by atoms with Gasteiger partial charge in [-0.05, 0) is 68.3 Å². The van der Waals surface area contributed by atoms with Crippen LogP contribution in [0, 0.1) is 5.41 Å². The van der Waals surface area contributed by atoms with Crippen LogP contribution in [0.5, 0.6) is 0 Å². The second kappa shape index (κ2) is 4.15. The van der Waals surface area contributed by atoms with Crippen LogP contribution >= 0.6 is 0 Å². The molecule has 1 aliphatic carbocycles. The molecule has 108 valence electrons. The summed E-state index contributed by atoms with van der Waals surface area (Å²) in [5.74, 6) is 0. The number of hydrogen-bond donors (Lipinski definition) is 2. The zero-order valence-electron chi connectivity index (χ0n) is 12.2. The molecule has 0 radical (unpaired) electrons. The summed E-state index contributed by atoms with van der Waals surface area (Å²) in [6.45, 7) is 6.35. The van der Waals surface area contributed by atoms with Crippen molar-refractivity contribution in [2.45, 2.75) is 43.9 Å². The Balaban J connectivity index is 1.89. The number of piperidine rings is 1. The monoisotopic (exact) mass is 290 g/mol. The van der Waals surface area contributed by atoms with E-state index in [9.17, 15) is 4.21 Å². The van der Waals surface area contributed by atoms with Crippen LogP contribution in [0.1, 0.15) is 49.4 Å². The summed E-state index contributed by atoms with van der Waals surface area (Å²) in [5.41, 5.74) is 4.51. The van der Waals surface area contributed by atoms with Crippen molar-refractivity contribution in [3.8, 4) is 0 Å². The third kappa shape index (κ3) is 1.56. The Morgan fingerprint density at radius 1 is 1.25 bits per heavy atom. The van der Waals surface area contributed by atoms with E-state index in [1.54, 1.807) is 0 Å². The molecule has 2 heterocycles. The minimum Gasteiger partial charge on any atom is -0.317 e. The van der Waals surface area contributed by atoms with Gasteiger partial charge in [-0.2, -0.15) is 0 Å². The van der Waals surface area contributed by atoms with Crippen molar-refractivity contribution in [1.29, 1.82) is 0 Å². The van der Waals surface area contributed by atoms with Gasteiger partial charge in [0.05, 0.1) is 10.8 Å². The normalized spacial score (nSPS) is 33.1. The van der Waals surface area contributed by atoms with Crippen LogP contribution < -0.4 is 10.0 Å². The molecule has 2 N–H and O–H groups in total. The lowest BCUT2D eigenvalue weighted by Crippen LogP contribution is -2.49. The molecule has 3 nitrogen and oxygen atoms in total. The Morgan fingerprint density at radius 3 is 2.75 bits per heavy atom. The molecular weight excluding hydrogens is 268 g/mol. The van der Waals surface area contributed by atoms with Crippen molar-refractivity contribution in [1.82, 2.24) is 10.0 Å². The Morgan fingerprint density at radius 2 is 2.00 bits per heavy atom. The van der Waals surface area contributed by atoms with Crippen molar-refractivity contribution in [3.05, 3.63) is 34.9 Å². The smallest absolute Gasteiger partial charge is 0.102 e. The van der Waals surface area contributed by atoms with E-state index < -0.39 is 11.0 Å². The number of fused-ring (bicyclic) bond motifs is 1. The van der Waals surface area contributed by atoms with Crippen molar-refractivity contribution < 1.29 is 4.21 Å². The van der Waals surface area contributed by atoms with Crippen LogP contribution in [0.15, 0.2) is 18.2 Å². The van der Waals surface area contributed by atoms with E-state index >= 15 is 0 Å². The SMILES string of the molecule is CC1(C)c2cccc3c2[C@@H](NS1=O)C1(CCNCC1)C3. The van der Waals surface area contributed by atoms with Crippen molar-refractivity contribution >= 4 is 11.0 Å². The maximum atomic E-state index is 12.7. The number of benzene rings is 1. The van der Waals surface area contributed by atoms with Crippen LogP contribution in [-0.2, 0) is 22.2 Å². The number of nitrogens with one attached hydrogen (secondary N) is 2. The maximum absolute atomic E-state index is 12.7. The van der Waals surface area contributed by atoms with Crippen LogP contribution in [0.4, 0.5) is 0 Å². The molecule has 1 fully saturated rings. The van der Waals surface area contributed by atoms with Gasteiger partial charge in [0, 0.05) is 0 Å². The van der Waals surface area contributed by atoms with Gasteiger partial charge < -0.3 is 5.32 Å². The van der Waals surface area contributed by atoms with E-state index in [0.29, 0.717) is 0 Å². The summed E-state index contributed by atoms with van der Waals surface area (Å²) in [6.07, 6.45) is 3.50. The molecule has 4 rings (SSSR count). The molecule has 4 heteroatoms. The summed E-state index contributed by atoms with van der Waals surface area (Å²) in [4.78, 5) is 0. The molecular formula is C16H22N2OS. The molecule has 1 aromatic carbocycles. The van der Waals surface area contributed by atoms with Crippen molar-refractivity contribution in [3.63, 3.8) is 0 Å². The van der Waals surface area contributed by atoms with E-state index in [1.807, 2.05) is 0 Å². The first-order valence-electron chi connectivity index (χ1n) is 7.56. The Labute approximate surface area is 123 Å². The highest BCUT2D eigenvalue weighted by Gasteiger charge is 2.53. The van der Waals surface area contributed by atoms with Crippen molar-refractivity contribution in [2.75, 3.05) is 13.1 Å². The predicted molar refractivity (Wildman–Crippen MR) is 81.7 cm³/mol. The average Bonchev–Trinajstić information content (AvgIpc) is 2.72. The lowest BCUT2D eigenvalue weighted by molar-refractivity contribution is 0.162. The number of hydrogen-bond acceptors (Lipinski definition) is 2. The van der Waals surface area contributed by atoms with Gasteiger partial charge in [-0.15, -0.1) is 0 Å². The average molecular weight is 290 g/mol. The molecule has 2 atom stereocenters. The molecule has 2 aliphatic heterocycles. The molecule has 1 saturated heterocycles. The predicted octanol–water partition coefficient (Wildman–Crippen LogP) is 2.16. The minimum atomic E-state index is -1.01. The number of rotatable bonds is 0. The summed E-state index contributed by atoms with van der Waals surface area (Å²) in [7, 11) is -1.01. The third-order valence-corrected chi connectivity index (χ3v) is 7.17. The van der Waals surface area contributed by atoms with Gasteiger partial charge in [0.1, 0.15) is 11.0 Å². The zero-order valence-corrected chi connectivity index (χ0v) is 13.0. The van der Waals surface area contributed by atoms with Crippen LogP contribution in [-0.4, -0.2) is 17.3 Å². The standard InChI is InChI=1S/C16H22N2OS/c1-15(2)12-5-3-4-11-10-16(6-8-17-9-7-16)14(13(11)12)18-20(15)19/h3-5,14,17-18H,6-10H2,1-2H3/t14-,20?/m1/s1. The molecule has 0 saturated carbocycles. The summed E-state index contributed by atoms with van der Waals surface area (Å²) in [5, 5.41) is 3.46. The summed E-state index contributed by atoms with van der Waals surface area (Å²) in [6, 6.07) is 6.89. The highest BCUT2D eigenvalue weighted by atomic mass is 32.2. The van der Waals surface area contributed by atoms with E-state index in [4.69, 9.17) is 0 Å². The maximum Gasteiger partial charge on any atom is 0.102 e. The molecule has 0 bridgehead atoms. The van der Waals surface area contributed by atoms with E-state index in [1.165, 1.54) is 29.5 Å². The molecule has 20 heavy (non-hydrogen) atoms. The van der Waals surface area contributed by atoms with E-state index in [0.717, 1.165) is 19.5 Å². The van der Waals surface area contributed by atoms with E-state index in [2.05, 4.69) is 42.1 Å². The minimum absolute atomic E-state index is 0.274. The fraction of sp³-hybridized carbons (Fsp3) is 0.625. The molecule has 0 amide bonds. The second-order valence-electron chi connectivity index (χ2n) is 7.00. The lowest BCUT2D eigenvalue weighted by atomic mass is 9.73. The van der Waals surface area contributed by atoms with Gasteiger partial charge in [-0.3, -0.25) is 0 Å². The first-order chi connectivity index (χ1) is 9.55. The van der Waals surface area contributed by atoms with Crippen molar-refractivity contribution in [2.24, 2.45) is 5.41 Å². The molecule has 1 spiro atoms. The van der Waals surface area contributed by atoms with E-state index in [-0.39, 0.29) is 16.2 Å². The van der Waals surface area contributed by atoms with Crippen LogP contribution in [0.25, 0.3) is 0 Å². The van der Waals surface area contributed by atoms with Gasteiger partial charge in [0.2, 0.25) is 0 Å². The van der Waals surface area contributed by atoms with Gasteiger partial charge in [-0.1, -0.05) is 18.2 Å². The van der Waals surface area contributed by atoms with Gasteiger partial charge >= 0.3 is 0 Å². The zero-order chi connectivity index (χ0) is 14.0. The highest BCUT2D eigenvalue weighted by molar-refractivity contribution is 7.84. The van der Waals surface area contributed by atoms with Gasteiger partial charge in [0.15, 0.2) is 0 Å². The molecule has 0 aromatic heterocycles. The highest BCUT2D eigenvalue weighted by Crippen LogP contribution is 2.56. The first kappa shape index (κ1) is 13.0. The molecule has 3 aliphatic rings. The molecule has 1 aromatic rings. The van der Waals surface area contributed by atoms with Gasteiger partial charge in [-0.25, -0.2) is 8.93 Å². The second-order valence-corrected chi connectivity index (χ2v) is 8.79. The third-order valence-electron chi connectivity index (χ3n) is 5.58. The first-order valence-corrected chi connectivity index (χ1v) is 8.71. The molecule has 1 unspecified atom stereocenters. The van der Waals surface area contributed by atoms with Gasteiger partial charge in [0.25, 0.3) is 0 Å². The largest absolute Gasteiger partial charge is 0.317 e. The Bertz CT molecular complexity index is 590. The Kier molecular flexibility index (Phi) is 2.70. The quantitative estimate of drug-likeness (QED) is 0.769. The fourth-order valence-corrected chi connectivity index (χ4v) is 5.60. The summed E-state index contributed by atoms with van der Waals surface area (Å²) < 4.78 is 15.9. The van der Waals surface area contributed by atoms with Crippen LogP contribution in [0.2, 0.25) is 0 Å². The lowest BCUT2D eigenvalue weighted by Gasteiger charge is -2.44. The Hall–Kier alpha value is -0.710. The fourth-order valence-electron chi connectivity index (χ4n) is 4.35.